The minimum absolute atomic E-state index is 0. The van der Waals surface area contributed by atoms with Crippen LogP contribution in [0.1, 0.15) is 0 Å². The van der Waals surface area contributed by atoms with Gasteiger partial charge in [-0.25, -0.2) is 9.97 Å². The van der Waals surface area contributed by atoms with Gasteiger partial charge in [0.25, 0.3) is 0 Å². The minimum Gasteiger partial charge on any atom is -0.242 e. The van der Waals surface area contributed by atoms with E-state index in [4.69, 9.17) is 0 Å². The maximum Gasteiger partial charge on any atom is 0.204 e. The van der Waals surface area contributed by atoms with Crippen molar-refractivity contribution in [2.45, 2.75) is 0 Å². The Hall–Kier alpha value is -1.23. The van der Waals surface area contributed by atoms with E-state index >= 15 is 0 Å². The zero-order valence-electron chi connectivity index (χ0n) is 4.85. The molecule has 0 spiro atoms. The van der Waals surface area contributed by atoms with E-state index in [1.165, 1.54) is 6.33 Å². The second-order valence-electron chi connectivity index (χ2n) is 1.56. The molecule has 52 valence electrons. The highest BCUT2D eigenvalue weighted by molar-refractivity contribution is 5.85. The van der Waals surface area contributed by atoms with E-state index in [9.17, 15) is 0 Å². The molecule has 0 aliphatic heterocycles. The smallest absolute Gasteiger partial charge is 0.204 e. The largest absolute Gasteiger partial charge is 0.242 e. The Morgan fingerprint density at radius 1 is 1.30 bits per heavy atom. The lowest BCUT2D eigenvalue weighted by Gasteiger charge is -1.77. The van der Waals surface area contributed by atoms with Crippen molar-refractivity contribution in [3.8, 4) is 0 Å². The third kappa shape index (κ3) is 0.906. The monoisotopic (exact) mass is 157 g/mol. The fourth-order valence-corrected chi connectivity index (χ4v) is 0.607. The van der Waals surface area contributed by atoms with Crippen LogP contribution >= 0.6 is 12.4 Å². The average molecular weight is 158 g/mol. The lowest BCUT2D eigenvalue weighted by atomic mass is 10.6. The Bertz CT molecular complexity index is 288. The number of hydrogen-bond donors (Lipinski definition) is 1. The van der Waals surface area contributed by atoms with Crippen LogP contribution in [-0.4, -0.2) is 25.4 Å². The van der Waals surface area contributed by atoms with Gasteiger partial charge in [-0.3, -0.25) is 0 Å². The first-order valence-corrected chi connectivity index (χ1v) is 2.43. The number of aromatic amines is 1. The molecule has 1 N–H and O–H groups in total. The van der Waals surface area contributed by atoms with Gasteiger partial charge in [0.1, 0.15) is 11.8 Å². The van der Waals surface area contributed by atoms with E-state index in [1.807, 2.05) is 0 Å². The van der Waals surface area contributed by atoms with E-state index in [0.29, 0.717) is 11.2 Å². The van der Waals surface area contributed by atoms with Gasteiger partial charge < -0.3 is 0 Å². The fraction of sp³-hybridized carbons (Fsp3) is 0. The molecule has 2 aromatic heterocycles. The number of fused-ring (bicyclic) bond motifs is 1. The molecule has 0 unspecified atom stereocenters. The van der Waals surface area contributed by atoms with Crippen molar-refractivity contribution in [1.82, 2.24) is 25.4 Å². The van der Waals surface area contributed by atoms with Crippen molar-refractivity contribution in [3.63, 3.8) is 0 Å². The van der Waals surface area contributed by atoms with Crippen molar-refractivity contribution in [1.29, 1.82) is 0 Å². The standard InChI is InChI=1S/C4H3N5.ClH/c1-3-4(6-2-5-1)8-9-7-3;/h1-2H,(H,5,6,7,8,9);1H. The van der Waals surface area contributed by atoms with Gasteiger partial charge in [-0.05, 0) is 0 Å². The van der Waals surface area contributed by atoms with Gasteiger partial charge in [-0.2, -0.15) is 10.3 Å². The number of rotatable bonds is 0. The molecule has 0 saturated heterocycles. The van der Waals surface area contributed by atoms with Crippen LogP contribution < -0.4 is 0 Å². The first kappa shape index (κ1) is 6.88. The Balaban J connectivity index is 0.000000500. The Labute approximate surface area is 62.3 Å². The first-order valence-electron chi connectivity index (χ1n) is 2.43. The molecule has 6 heteroatoms. The molecular weight excluding hydrogens is 154 g/mol. The van der Waals surface area contributed by atoms with Gasteiger partial charge in [0.15, 0.2) is 0 Å². The number of halogens is 1. The molecule has 2 heterocycles. The Kier molecular flexibility index (Phi) is 1.77. The Morgan fingerprint density at radius 2 is 2.20 bits per heavy atom. The molecule has 0 radical (unpaired) electrons. The molecule has 5 nitrogen and oxygen atoms in total. The van der Waals surface area contributed by atoms with E-state index in [2.05, 4.69) is 25.4 Å². The third-order valence-corrected chi connectivity index (χ3v) is 0.999. The minimum atomic E-state index is 0. The van der Waals surface area contributed by atoms with Crippen LogP contribution in [0.15, 0.2) is 12.5 Å². The fourth-order valence-electron chi connectivity index (χ4n) is 0.607. The number of hydrogen-bond acceptors (Lipinski definition) is 4. The Morgan fingerprint density at radius 3 is 3.00 bits per heavy atom. The summed E-state index contributed by atoms with van der Waals surface area (Å²) < 4.78 is 0. The van der Waals surface area contributed by atoms with E-state index in [-0.39, 0.29) is 12.4 Å². The quantitative estimate of drug-likeness (QED) is 0.592. The SMILES string of the molecule is Cl.c1ncc2n[nH]nc2n1. The number of H-pyrrole nitrogens is 1. The van der Waals surface area contributed by atoms with Crippen LogP contribution in [-0.2, 0) is 0 Å². The summed E-state index contributed by atoms with van der Waals surface area (Å²) in [5.74, 6) is 0. The highest BCUT2D eigenvalue weighted by Crippen LogP contribution is 1.96. The van der Waals surface area contributed by atoms with Crippen LogP contribution in [0.3, 0.4) is 0 Å². The van der Waals surface area contributed by atoms with Crippen molar-refractivity contribution >= 4 is 23.6 Å². The highest BCUT2D eigenvalue weighted by Gasteiger charge is 1.93. The summed E-state index contributed by atoms with van der Waals surface area (Å²) in [5.41, 5.74) is 1.29. The maximum absolute atomic E-state index is 3.83. The topological polar surface area (TPSA) is 67.3 Å². The maximum atomic E-state index is 3.83. The van der Waals surface area contributed by atoms with E-state index in [0.717, 1.165) is 0 Å². The van der Waals surface area contributed by atoms with E-state index < -0.39 is 0 Å². The summed E-state index contributed by atoms with van der Waals surface area (Å²) in [5, 5.41) is 9.92. The second kappa shape index (κ2) is 2.57. The molecule has 10 heavy (non-hydrogen) atoms. The summed E-state index contributed by atoms with van der Waals surface area (Å²) in [6, 6.07) is 0. The molecule has 0 bridgehead atoms. The summed E-state index contributed by atoms with van der Waals surface area (Å²) >= 11 is 0. The predicted molar refractivity (Wildman–Crippen MR) is 36.7 cm³/mol. The van der Waals surface area contributed by atoms with Crippen LogP contribution in [0.4, 0.5) is 0 Å². The van der Waals surface area contributed by atoms with Crippen LogP contribution in [0.5, 0.6) is 0 Å². The number of nitrogens with one attached hydrogen (secondary N) is 1. The molecule has 0 atom stereocenters. The summed E-state index contributed by atoms with van der Waals surface area (Å²) in [6.07, 6.45) is 3.04. The zero-order chi connectivity index (χ0) is 6.10. The number of nitrogens with zero attached hydrogens (tertiary/aromatic N) is 4. The molecule has 0 aliphatic rings. The average Bonchev–Trinajstić information content (AvgIpc) is 2.33. The van der Waals surface area contributed by atoms with Crippen molar-refractivity contribution in [3.05, 3.63) is 12.5 Å². The van der Waals surface area contributed by atoms with Crippen LogP contribution in [0.2, 0.25) is 0 Å². The van der Waals surface area contributed by atoms with Gasteiger partial charge in [-0.1, -0.05) is 0 Å². The van der Waals surface area contributed by atoms with Gasteiger partial charge in [-0.15, -0.1) is 17.5 Å². The van der Waals surface area contributed by atoms with Crippen molar-refractivity contribution in [2.75, 3.05) is 0 Å². The van der Waals surface area contributed by atoms with Gasteiger partial charge in [0.05, 0.1) is 6.20 Å². The predicted octanol–water partition coefficient (Wildman–Crippen LogP) is 0.170. The third-order valence-electron chi connectivity index (χ3n) is 0.999. The molecule has 0 aliphatic carbocycles. The van der Waals surface area contributed by atoms with Gasteiger partial charge in [0, 0.05) is 0 Å². The van der Waals surface area contributed by atoms with Crippen LogP contribution in [0.25, 0.3) is 11.2 Å². The summed E-state index contributed by atoms with van der Waals surface area (Å²) in [7, 11) is 0. The normalized spacial score (nSPS) is 9.20. The summed E-state index contributed by atoms with van der Waals surface area (Å²) in [6.45, 7) is 0. The molecule has 0 fully saturated rings. The van der Waals surface area contributed by atoms with E-state index in [1.54, 1.807) is 6.20 Å². The molecule has 0 amide bonds. The molecule has 2 aromatic rings. The summed E-state index contributed by atoms with van der Waals surface area (Å²) in [4.78, 5) is 7.58. The molecule has 0 aromatic carbocycles. The highest BCUT2D eigenvalue weighted by atomic mass is 35.5. The lowest BCUT2D eigenvalue weighted by molar-refractivity contribution is 0.954. The molecular formula is C4H4ClN5. The second-order valence-corrected chi connectivity index (χ2v) is 1.56. The van der Waals surface area contributed by atoms with Crippen molar-refractivity contribution < 1.29 is 0 Å². The van der Waals surface area contributed by atoms with Gasteiger partial charge >= 0.3 is 0 Å². The zero-order valence-corrected chi connectivity index (χ0v) is 5.67. The first-order chi connectivity index (χ1) is 4.47. The van der Waals surface area contributed by atoms with Crippen molar-refractivity contribution in [2.24, 2.45) is 0 Å². The lowest BCUT2D eigenvalue weighted by Crippen LogP contribution is -1.76. The van der Waals surface area contributed by atoms with Gasteiger partial charge in [0.2, 0.25) is 5.65 Å². The molecule has 0 saturated carbocycles. The number of aromatic nitrogens is 5. The van der Waals surface area contributed by atoms with Crippen LogP contribution in [0, 0.1) is 0 Å². The molecule has 2 rings (SSSR count).